The Morgan fingerprint density at radius 2 is 1.74 bits per heavy atom. The molecule has 0 unspecified atom stereocenters. The van der Waals surface area contributed by atoms with Crippen LogP contribution in [-0.4, -0.2) is 52.4 Å². The maximum absolute atomic E-state index is 12.4. The molecular weight excluding hydrogens is 436 g/mol. The van der Waals surface area contributed by atoms with Crippen molar-refractivity contribution in [3.05, 3.63) is 69.8 Å². The van der Waals surface area contributed by atoms with Crippen molar-refractivity contribution in [2.75, 3.05) is 25.5 Å². The molecule has 0 radical (unpaired) electrons. The van der Waals surface area contributed by atoms with E-state index in [0.29, 0.717) is 16.7 Å². The highest BCUT2D eigenvalue weighted by molar-refractivity contribution is 5.96. The number of nitrogens with zero attached hydrogens (tertiary/aromatic N) is 3. The second-order valence-corrected chi connectivity index (χ2v) is 8.13. The van der Waals surface area contributed by atoms with E-state index in [-0.39, 0.29) is 30.9 Å². The largest absolute Gasteiger partial charge is 0.456 e. The molecular formula is C25H28N4O5. The molecule has 9 nitrogen and oxygen atoms in total. The summed E-state index contributed by atoms with van der Waals surface area (Å²) in [7, 11) is 3.07. The number of rotatable bonds is 8. The van der Waals surface area contributed by atoms with Gasteiger partial charge >= 0.3 is 5.97 Å². The lowest BCUT2D eigenvalue weighted by Crippen LogP contribution is -2.37. The Morgan fingerprint density at radius 3 is 2.44 bits per heavy atom. The summed E-state index contributed by atoms with van der Waals surface area (Å²) in [5.41, 5.74) is 2.94. The number of amides is 2. The molecule has 0 spiro atoms. The molecule has 2 amide bonds. The first-order valence-corrected chi connectivity index (χ1v) is 10.9. The van der Waals surface area contributed by atoms with Gasteiger partial charge in [-0.2, -0.15) is 0 Å². The molecule has 3 aromatic rings. The quantitative estimate of drug-likeness (QED) is 0.512. The van der Waals surface area contributed by atoms with E-state index in [0.717, 1.165) is 16.8 Å². The number of fused-ring (bicyclic) bond motifs is 1. The molecule has 3 rings (SSSR count). The second-order valence-electron chi connectivity index (χ2n) is 8.13. The average molecular weight is 465 g/mol. The maximum atomic E-state index is 12.4. The van der Waals surface area contributed by atoms with Crippen LogP contribution in [0.2, 0.25) is 0 Å². The van der Waals surface area contributed by atoms with Crippen molar-refractivity contribution in [1.29, 1.82) is 0 Å². The number of ether oxygens (including phenoxy) is 1. The molecule has 0 saturated carbocycles. The van der Waals surface area contributed by atoms with E-state index >= 15 is 0 Å². The summed E-state index contributed by atoms with van der Waals surface area (Å²) in [5, 5.41) is 3.32. The molecule has 0 fully saturated rings. The first-order valence-electron chi connectivity index (χ1n) is 10.9. The third kappa shape index (κ3) is 5.86. The van der Waals surface area contributed by atoms with Gasteiger partial charge in [-0.05, 0) is 37.1 Å². The maximum Gasteiger partial charge on any atom is 0.306 e. The van der Waals surface area contributed by atoms with Crippen molar-refractivity contribution in [3.63, 3.8) is 0 Å². The average Bonchev–Trinajstić information content (AvgIpc) is 2.81. The molecule has 9 heteroatoms. The van der Waals surface area contributed by atoms with Crippen LogP contribution in [0, 0.1) is 13.8 Å². The number of anilines is 1. The van der Waals surface area contributed by atoms with E-state index in [1.54, 1.807) is 31.3 Å². The number of hydrogen-bond donors (Lipinski definition) is 1. The molecule has 1 N–H and O–H groups in total. The fraction of sp³-hybridized carbons (Fsp3) is 0.320. The minimum absolute atomic E-state index is 0.0390. The van der Waals surface area contributed by atoms with Crippen molar-refractivity contribution in [2.24, 2.45) is 7.05 Å². The zero-order valence-electron chi connectivity index (χ0n) is 19.8. The fourth-order valence-electron chi connectivity index (χ4n) is 3.52. The lowest BCUT2D eigenvalue weighted by atomic mass is 10.1. The van der Waals surface area contributed by atoms with Crippen LogP contribution in [-0.2, 0) is 32.6 Å². The standard InChI is InChI=1S/C25H28N4O5/c1-16-8-7-9-17(2)24(16)27-21(30)14-28(3)22(31)15-34-23(32)13-12-20-26-19-11-6-5-10-18(19)25(33)29(20)4/h5-11H,12-15H2,1-4H3,(H,27,30). The van der Waals surface area contributed by atoms with E-state index in [9.17, 15) is 19.2 Å². The summed E-state index contributed by atoms with van der Waals surface area (Å²) in [6, 6.07) is 12.7. The van der Waals surface area contributed by atoms with Crippen molar-refractivity contribution in [2.45, 2.75) is 26.7 Å². The van der Waals surface area contributed by atoms with Crippen molar-refractivity contribution in [3.8, 4) is 0 Å². The Morgan fingerprint density at radius 1 is 1.06 bits per heavy atom. The number of benzene rings is 2. The minimum Gasteiger partial charge on any atom is -0.456 e. The molecule has 34 heavy (non-hydrogen) atoms. The van der Waals surface area contributed by atoms with Gasteiger partial charge in [0.05, 0.1) is 23.9 Å². The van der Waals surface area contributed by atoms with Crippen LogP contribution < -0.4 is 10.9 Å². The lowest BCUT2D eigenvalue weighted by molar-refractivity contribution is -0.151. The molecule has 1 heterocycles. The first kappa shape index (κ1) is 24.6. The van der Waals surface area contributed by atoms with E-state index in [2.05, 4.69) is 10.3 Å². The SMILES string of the molecule is Cc1cccc(C)c1NC(=O)CN(C)C(=O)COC(=O)CCc1nc2ccccc2c(=O)n1C. The smallest absolute Gasteiger partial charge is 0.306 e. The van der Waals surface area contributed by atoms with Crippen molar-refractivity contribution in [1.82, 2.24) is 14.5 Å². The van der Waals surface area contributed by atoms with Gasteiger partial charge in [0.1, 0.15) is 5.82 Å². The highest BCUT2D eigenvalue weighted by Gasteiger charge is 2.17. The Bertz CT molecular complexity index is 1280. The van der Waals surface area contributed by atoms with Crippen LogP contribution in [0.1, 0.15) is 23.4 Å². The summed E-state index contributed by atoms with van der Waals surface area (Å²) < 4.78 is 6.47. The topological polar surface area (TPSA) is 111 Å². The monoisotopic (exact) mass is 464 g/mol. The van der Waals surface area contributed by atoms with E-state index in [4.69, 9.17) is 4.74 Å². The molecule has 178 valence electrons. The van der Waals surface area contributed by atoms with Crippen LogP contribution >= 0.6 is 0 Å². The highest BCUT2D eigenvalue weighted by atomic mass is 16.5. The Hall–Kier alpha value is -4.01. The molecule has 1 aromatic heterocycles. The van der Waals surface area contributed by atoms with Crippen LogP contribution in [0.4, 0.5) is 5.69 Å². The van der Waals surface area contributed by atoms with Crippen molar-refractivity contribution < 1.29 is 19.1 Å². The van der Waals surface area contributed by atoms with Gasteiger partial charge in [0.25, 0.3) is 11.5 Å². The van der Waals surface area contributed by atoms with Crippen LogP contribution in [0.15, 0.2) is 47.3 Å². The van der Waals surface area contributed by atoms with Gasteiger partial charge in [-0.3, -0.25) is 23.7 Å². The summed E-state index contributed by atoms with van der Waals surface area (Å²) in [6.07, 6.45) is 0.153. The van der Waals surface area contributed by atoms with Crippen LogP contribution in [0.25, 0.3) is 10.9 Å². The summed E-state index contributed by atoms with van der Waals surface area (Å²) in [5.74, 6) is -0.986. The second kappa shape index (κ2) is 10.7. The normalized spacial score (nSPS) is 10.7. The number of carbonyl (C=O) groups excluding carboxylic acids is 3. The number of aromatic nitrogens is 2. The molecule has 0 aliphatic rings. The summed E-state index contributed by atoms with van der Waals surface area (Å²) in [4.78, 5) is 54.9. The van der Waals surface area contributed by atoms with Gasteiger partial charge in [0, 0.05) is 26.2 Å². The molecule has 2 aromatic carbocycles. The minimum atomic E-state index is -0.593. The van der Waals surface area contributed by atoms with Gasteiger partial charge in [-0.25, -0.2) is 4.98 Å². The van der Waals surface area contributed by atoms with Gasteiger partial charge in [-0.1, -0.05) is 30.3 Å². The number of esters is 1. The van der Waals surface area contributed by atoms with Gasteiger partial charge in [-0.15, -0.1) is 0 Å². The number of aryl methyl sites for hydroxylation is 3. The lowest BCUT2D eigenvalue weighted by Gasteiger charge is -2.18. The molecule has 0 aliphatic heterocycles. The molecule has 0 atom stereocenters. The summed E-state index contributed by atoms with van der Waals surface area (Å²) in [6.45, 7) is 3.13. The third-order valence-electron chi connectivity index (χ3n) is 5.54. The predicted molar refractivity (Wildman–Crippen MR) is 128 cm³/mol. The van der Waals surface area contributed by atoms with Crippen molar-refractivity contribution >= 4 is 34.4 Å². The zero-order valence-corrected chi connectivity index (χ0v) is 19.8. The van der Waals surface area contributed by atoms with Gasteiger partial charge in [0.15, 0.2) is 6.61 Å². The molecule has 0 saturated heterocycles. The zero-order chi connectivity index (χ0) is 24.8. The van der Waals surface area contributed by atoms with Crippen LogP contribution in [0.5, 0.6) is 0 Å². The Balaban J connectivity index is 1.48. The van der Waals surface area contributed by atoms with Gasteiger partial charge < -0.3 is 15.0 Å². The summed E-state index contributed by atoms with van der Waals surface area (Å²) >= 11 is 0. The Kier molecular flexibility index (Phi) is 7.78. The number of nitrogens with one attached hydrogen (secondary N) is 1. The molecule has 0 aliphatic carbocycles. The van der Waals surface area contributed by atoms with E-state index in [1.807, 2.05) is 32.0 Å². The Labute approximate surface area is 197 Å². The molecule has 0 bridgehead atoms. The predicted octanol–water partition coefficient (Wildman–Crippen LogP) is 2.12. The van der Waals surface area contributed by atoms with E-state index < -0.39 is 18.5 Å². The van der Waals surface area contributed by atoms with Crippen LogP contribution in [0.3, 0.4) is 0 Å². The number of carbonyl (C=O) groups is 3. The third-order valence-corrected chi connectivity index (χ3v) is 5.54. The number of likely N-dealkylation sites (N-methyl/N-ethyl adjacent to an activating group) is 1. The first-order chi connectivity index (χ1) is 16.2. The fourth-order valence-corrected chi connectivity index (χ4v) is 3.52. The highest BCUT2D eigenvalue weighted by Crippen LogP contribution is 2.19. The van der Waals surface area contributed by atoms with Gasteiger partial charge in [0.2, 0.25) is 5.91 Å². The van der Waals surface area contributed by atoms with E-state index in [1.165, 1.54) is 16.5 Å². The number of para-hydroxylation sites is 2. The number of hydrogen-bond acceptors (Lipinski definition) is 6.